The summed E-state index contributed by atoms with van der Waals surface area (Å²) in [5, 5.41) is 14.4. The maximum atomic E-state index is 13.5. The number of benzene rings is 2. The van der Waals surface area contributed by atoms with Gasteiger partial charge in [-0.2, -0.15) is 10.1 Å². The van der Waals surface area contributed by atoms with Crippen LogP contribution < -0.4 is 30.9 Å². The zero-order chi connectivity index (χ0) is 42.0. The summed E-state index contributed by atoms with van der Waals surface area (Å²) in [6, 6.07) is 8.55. The Morgan fingerprint density at radius 3 is 2.45 bits per heavy atom. The molecule has 3 fully saturated rings. The molecule has 5 aromatic rings. The summed E-state index contributed by atoms with van der Waals surface area (Å²) in [7, 11) is -1.08. The van der Waals surface area contributed by atoms with Crippen LogP contribution in [0.25, 0.3) is 11.0 Å². The van der Waals surface area contributed by atoms with E-state index < -0.39 is 7.14 Å². The minimum atomic E-state index is -2.77. The first-order valence-corrected chi connectivity index (χ1v) is 24.0. The molecule has 0 radical (unpaired) electrons. The molecule has 316 valence electrons. The first-order chi connectivity index (χ1) is 29.0. The fourth-order valence-electron chi connectivity index (χ4n) is 8.65. The number of halogens is 1. The maximum absolute atomic E-state index is 13.5. The number of hydrogen-bond acceptors (Lipinski definition) is 14. The van der Waals surface area contributed by atoms with E-state index in [-0.39, 0.29) is 17.7 Å². The predicted octanol–water partition coefficient (Wildman–Crippen LogP) is 5.49. The van der Waals surface area contributed by atoms with E-state index in [1.807, 2.05) is 23.0 Å². The van der Waals surface area contributed by atoms with Crippen molar-refractivity contribution in [3.63, 3.8) is 0 Å². The van der Waals surface area contributed by atoms with Gasteiger partial charge in [-0.05, 0) is 78.7 Å². The van der Waals surface area contributed by atoms with E-state index >= 15 is 0 Å². The van der Waals surface area contributed by atoms with Gasteiger partial charge in [-0.3, -0.25) is 39.4 Å². The van der Waals surface area contributed by atoms with E-state index in [2.05, 4.69) is 85.7 Å². The number of aryl methyl sites for hydroxylation is 1. The summed E-state index contributed by atoms with van der Waals surface area (Å²) >= 11 is 3.60. The minimum absolute atomic E-state index is 0.199. The van der Waals surface area contributed by atoms with Crippen molar-refractivity contribution < 1.29 is 18.9 Å². The zero-order valence-corrected chi connectivity index (χ0v) is 37.0. The molecule has 6 heterocycles. The Bertz CT molecular complexity index is 2430. The molecule has 16 nitrogen and oxygen atoms in total. The molecule has 3 saturated heterocycles. The Morgan fingerprint density at radius 2 is 1.72 bits per heavy atom. The lowest BCUT2D eigenvalue weighted by Gasteiger charge is -2.43. The number of rotatable bonds is 13. The number of ether oxygens (including phenoxy) is 1. The van der Waals surface area contributed by atoms with Crippen molar-refractivity contribution in [2.24, 2.45) is 0 Å². The van der Waals surface area contributed by atoms with Crippen molar-refractivity contribution in [2.45, 2.75) is 57.5 Å². The van der Waals surface area contributed by atoms with Crippen LogP contribution in [0, 0.1) is 0 Å². The molecular formula is C42H52BrN12O4P. The number of nitrogens with one attached hydrogen (secondary N) is 3. The number of carbonyl (C=O) groups is 2. The van der Waals surface area contributed by atoms with E-state index in [0.717, 1.165) is 82.9 Å². The van der Waals surface area contributed by atoms with Gasteiger partial charge in [-0.15, -0.1) is 0 Å². The number of hydrogen-bond donors (Lipinski definition) is 3. The third kappa shape index (κ3) is 9.19. The van der Waals surface area contributed by atoms with Gasteiger partial charge in [-0.25, -0.2) is 4.98 Å². The number of amides is 2. The van der Waals surface area contributed by atoms with Crippen LogP contribution in [0.2, 0.25) is 0 Å². The van der Waals surface area contributed by atoms with E-state index in [1.165, 1.54) is 11.3 Å². The van der Waals surface area contributed by atoms with Gasteiger partial charge < -0.3 is 24.8 Å². The van der Waals surface area contributed by atoms with E-state index in [9.17, 15) is 14.2 Å². The Hall–Kier alpha value is -4.96. The molecule has 3 N–H and O–H groups in total. The van der Waals surface area contributed by atoms with Gasteiger partial charge in [0.05, 0.1) is 52.4 Å². The smallest absolute Gasteiger partial charge is 0.234 e. The highest BCUT2D eigenvalue weighted by atomic mass is 79.9. The summed E-state index contributed by atoms with van der Waals surface area (Å²) in [5.74, 6) is 0.876. The quantitative estimate of drug-likeness (QED) is 0.1000. The second kappa shape index (κ2) is 17.9. The van der Waals surface area contributed by atoms with Crippen molar-refractivity contribution in [3.8, 4) is 5.75 Å². The monoisotopic (exact) mass is 898 g/mol. The number of carbonyl (C=O) groups excluding carboxylic acids is 2. The van der Waals surface area contributed by atoms with Gasteiger partial charge in [0.25, 0.3) is 0 Å². The lowest BCUT2D eigenvalue weighted by Crippen LogP contribution is -2.53. The first-order valence-electron chi connectivity index (χ1n) is 20.6. The summed E-state index contributed by atoms with van der Waals surface area (Å²) in [4.78, 5) is 49.8. The van der Waals surface area contributed by atoms with Crippen LogP contribution >= 0.6 is 23.1 Å². The van der Waals surface area contributed by atoms with Crippen LogP contribution in [0.3, 0.4) is 0 Å². The number of nitrogens with zero attached hydrogens (tertiary/aromatic N) is 9. The number of imide groups is 1. The molecule has 0 aliphatic carbocycles. The third-order valence-corrected chi connectivity index (χ3v) is 14.0. The molecule has 1 atom stereocenters. The molecule has 2 aromatic carbocycles. The van der Waals surface area contributed by atoms with Gasteiger partial charge in [0.15, 0.2) is 0 Å². The molecule has 18 heteroatoms. The van der Waals surface area contributed by atoms with Gasteiger partial charge in [0.1, 0.15) is 24.2 Å². The van der Waals surface area contributed by atoms with Crippen LogP contribution in [0.1, 0.15) is 49.7 Å². The van der Waals surface area contributed by atoms with Gasteiger partial charge in [0.2, 0.25) is 17.8 Å². The van der Waals surface area contributed by atoms with Crippen molar-refractivity contribution >= 4 is 80.1 Å². The number of aromatic nitrogens is 6. The average Bonchev–Trinajstić information content (AvgIpc) is 3.72. The van der Waals surface area contributed by atoms with Crippen molar-refractivity contribution in [1.82, 2.24) is 44.8 Å². The molecule has 3 aliphatic heterocycles. The largest absolute Gasteiger partial charge is 0.494 e. The van der Waals surface area contributed by atoms with Crippen LogP contribution in [-0.4, -0.2) is 124 Å². The SMILES string of the molecule is CCc1cc(Nc2ncc(Br)c(Nc3ccc4nccnc4c3P(C)(C)=O)n2)c(OC)cc1N1CCC(N2CCN(CCn3cc(C4CCC(=O)NC4=O)cn3)CC2)CC1. The van der Waals surface area contributed by atoms with Crippen LogP contribution in [0.15, 0.2) is 59.7 Å². The Morgan fingerprint density at radius 1 is 0.933 bits per heavy atom. The molecule has 2 amide bonds. The van der Waals surface area contributed by atoms with E-state index in [4.69, 9.17) is 9.72 Å². The lowest BCUT2D eigenvalue weighted by molar-refractivity contribution is -0.134. The van der Waals surface area contributed by atoms with Crippen molar-refractivity contribution in [3.05, 3.63) is 70.8 Å². The van der Waals surface area contributed by atoms with Gasteiger partial charge in [-0.1, -0.05) is 6.92 Å². The Kier molecular flexibility index (Phi) is 12.5. The third-order valence-electron chi connectivity index (χ3n) is 11.8. The van der Waals surface area contributed by atoms with E-state index in [0.29, 0.717) is 62.9 Å². The molecule has 8 rings (SSSR count). The summed E-state index contributed by atoms with van der Waals surface area (Å²) in [6.07, 6.45) is 12.6. The highest BCUT2D eigenvalue weighted by molar-refractivity contribution is 9.10. The fraction of sp³-hybridized carbons (Fsp3) is 0.452. The predicted molar refractivity (Wildman–Crippen MR) is 238 cm³/mol. The molecule has 0 bridgehead atoms. The molecule has 0 spiro atoms. The first kappa shape index (κ1) is 41.8. The van der Waals surface area contributed by atoms with E-state index in [1.54, 1.807) is 45.2 Å². The molecule has 1 unspecified atom stereocenters. The van der Waals surface area contributed by atoms with Gasteiger partial charge >= 0.3 is 0 Å². The topological polar surface area (TPSA) is 176 Å². The fourth-order valence-corrected chi connectivity index (χ4v) is 10.3. The number of anilines is 5. The number of fused-ring (bicyclic) bond motifs is 1. The Balaban J connectivity index is 0.869. The molecular weight excluding hydrogens is 847 g/mol. The minimum Gasteiger partial charge on any atom is -0.494 e. The Labute approximate surface area is 358 Å². The standard InChI is InChI=1S/C42H52BrN12O4P/c1-5-27-22-34(49-42-46-25-31(43)40(51-42)48-33-8-7-32-38(45-13-12-44-32)39(33)60(3,4)58)36(59-2)23-35(27)54-14-10-29(11-15-54)53-19-16-52(17-20-53)18-21-55-26-28(24-47-55)30-6-9-37(56)50-41(30)57/h7-8,12-13,22-26,29-30H,5-6,9-11,14-21H2,1-4H3,(H,50,56,57)(H2,46,48,49,51). The van der Waals surface area contributed by atoms with Crippen molar-refractivity contribution in [1.29, 1.82) is 0 Å². The van der Waals surface area contributed by atoms with Crippen LogP contribution in [0.4, 0.5) is 28.8 Å². The number of methoxy groups -OCH3 is 1. The van der Waals surface area contributed by atoms with Crippen LogP contribution in [0.5, 0.6) is 5.75 Å². The zero-order valence-electron chi connectivity index (χ0n) is 34.5. The highest BCUT2D eigenvalue weighted by Gasteiger charge is 2.31. The van der Waals surface area contributed by atoms with Crippen molar-refractivity contribution in [2.75, 3.05) is 81.8 Å². The summed E-state index contributed by atoms with van der Waals surface area (Å²) < 4.78 is 22.0. The van der Waals surface area contributed by atoms with Gasteiger partial charge in [0, 0.05) is 100 Å². The number of piperidine rings is 2. The molecule has 60 heavy (non-hydrogen) atoms. The number of piperazine rings is 1. The molecule has 0 saturated carbocycles. The summed E-state index contributed by atoms with van der Waals surface area (Å²) in [5.41, 5.74) is 5.98. The maximum Gasteiger partial charge on any atom is 0.234 e. The lowest BCUT2D eigenvalue weighted by atomic mass is 9.93. The average molecular weight is 900 g/mol. The second-order valence-electron chi connectivity index (χ2n) is 16.0. The molecule has 3 aliphatic rings. The second-order valence-corrected chi connectivity index (χ2v) is 20.1. The summed E-state index contributed by atoms with van der Waals surface area (Å²) in [6.45, 7) is 13.4. The van der Waals surface area contributed by atoms with Crippen LogP contribution in [-0.2, 0) is 27.1 Å². The highest BCUT2D eigenvalue weighted by Crippen LogP contribution is 2.42. The normalized spacial score (nSPS) is 18.5. The molecule has 3 aromatic heterocycles.